The Morgan fingerprint density at radius 2 is 1.15 bits per heavy atom. The van der Waals surface area contributed by atoms with Crippen LogP contribution in [0, 0.1) is 0 Å². The lowest BCUT2D eigenvalue weighted by molar-refractivity contribution is 0.0779. The van der Waals surface area contributed by atoms with Crippen LogP contribution in [0.15, 0.2) is 82.6 Å². The van der Waals surface area contributed by atoms with Crippen molar-refractivity contribution in [2.45, 2.75) is 95.6 Å². The summed E-state index contributed by atoms with van der Waals surface area (Å²) in [6, 6.07) is 18.1. The summed E-state index contributed by atoms with van der Waals surface area (Å²) in [6.45, 7) is 2.59. The van der Waals surface area contributed by atoms with E-state index in [2.05, 4.69) is 45.0 Å². The molecule has 0 unspecified atom stereocenters. The standard InChI is InChI=1S/C24H30ClN5O4S.C20H22ClN5O3S/c1-3-12-34-15-30-22-16(13-20(23(30)31)19-6-4-5-7-21(19)25)14-26-24(28-22)27-17-8-10-18(11-9-17)29-35(2,32)33;1-30(28,29)26-14-8-6-13(7-9-14)23-20-22-11-12-10-16(19(27)24-18(12)25-20)15-4-2-3-5-17(15)21/h4-7,13-14,17-18,29H,3,8-12,15H2,1-2H3,(H,26,27,28);2-5,10-11,13-14,26H,6-9H2,1H3,(H2,22,23,24,25,27). The quantitative estimate of drug-likeness (QED) is 0.0719. The van der Waals surface area contributed by atoms with Gasteiger partial charge in [0.25, 0.3) is 11.1 Å². The first-order valence-corrected chi connectivity index (χ1v) is 25.9. The van der Waals surface area contributed by atoms with Crippen LogP contribution >= 0.6 is 23.2 Å². The molecule has 0 saturated heterocycles. The number of pyridine rings is 2. The number of halogens is 2. The first-order chi connectivity index (χ1) is 31.0. The molecule has 0 amide bonds. The molecule has 8 rings (SSSR count). The third-order valence-corrected chi connectivity index (χ3v) is 13.4. The number of aromatic nitrogens is 6. The van der Waals surface area contributed by atoms with E-state index in [4.69, 9.17) is 27.9 Å². The Hall–Kier alpha value is -5.02. The van der Waals surface area contributed by atoms with Crippen LogP contribution in [0.2, 0.25) is 10.0 Å². The topological polar surface area (TPSA) is 232 Å². The highest BCUT2D eigenvalue weighted by molar-refractivity contribution is 7.89. The Morgan fingerprint density at radius 3 is 1.68 bits per heavy atom. The fraction of sp³-hybridized carbons (Fsp3) is 0.409. The summed E-state index contributed by atoms with van der Waals surface area (Å²) in [7, 11) is -6.41. The lowest BCUT2D eigenvalue weighted by atomic mass is 9.92. The van der Waals surface area contributed by atoms with Gasteiger partial charge in [-0.1, -0.05) is 66.5 Å². The number of aromatic amines is 1. The van der Waals surface area contributed by atoms with Crippen molar-refractivity contribution in [2.75, 3.05) is 29.8 Å². The summed E-state index contributed by atoms with van der Waals surface area (Å²) in [5, 5.41) is 9.04. The van der Waals surface area contributed by atoms with Gasteiger partial charge >= 0.3 is 0 Å². The molecule has 2 aliphatic rings. The van der Waals surface area contributed by atoms with Crippen LogP contribution in [-0.4, -0.2) is 89.6 Å². The number of ether oxygens (including phenoxy) is 1. The van der Waals surface area contributed by atoms with Crippen LogP contribution in [0.1, 0.15) is 64.7 Å². The predicted octanol–water partition coefficient (Wildman–Crippen LogP) is 6.68. The van der Waals surface area contributed by atoms with Gasteiger partial charge in [-0.3, -0.25) is 14.2 Å². The van der Waals surface area contributed by atoms with Gasteiger partial charge in [0.2, 0.25) is 31.9 Å². The van der Waals surface area contributed by atoms with Crippen molar-refractivity contribution < 1.29 is 21.6 Å². The maximum atomic E-state index is 13.5. The summed E-state index contributed by atoms with van der Waals surface area (Å²) in [5.74, 6) is 0.856. The fourth-order valence-corrected chi connectivity index (χ4v) is 10.3. The predicted molar refractivity (Wildman–Crippen MR) is 256 cm³/mol. The Balaban J connectivity index is 0.000000196. The van der Waals surface area contributed by atoms with Gasteiger partial charge in [-0.2, -0.15) is 9.97 Å². The Morgan fingerprint density at radius 1 is 0.677 bits per heavy atom. The van der Waals surface area contributed by atoms with Crippen molar-refractivity contribution in [1.29, 1.82) is 0 Å². The van der Waals surface area contributed by atoms with Crippen LogP contribution in [0.5, 0.6) is 0 Å². The van der Waals surface area contributed by atoms with E-state index >= 15 is 0 Å². The van der Waals surface area contributed by atoms with Gasteiger partial charge in [0.15, 0.2) is 0 Å². The van der Waals surface area contributed by atoms with Gasteiger partial charge in [0, 0.05) is 86.2 Å². The van der Waals surface area contributed by atoms with Crippen molar-refractivity contribution in [1.82, 2.24) is 38.9 Å². The molecule has 2 aromatic carbocycles. The second kappa shape index (κ2) is 21.1. The van der Waals surface area contributed by atoms with E-state index in [0.717, 1.165) is 57.8 Å². The van der Waals surface area contributed by atoms with Gasteiger partial charge in [-0.25, -0.2) is 36.2 Å². The van der Waals surface area contributed by atoms with Crippen molar-refractivity contribution in [3.05, 3.63) is 104 Å². The number of H-pyrrole nitrogens is 1. The summed E-state index contributed by atoms with van der Waals surface area (Å²) >= 11 is 12.6. The summed E-state index contributed by atoms with van der Waals surface area (Å²) < 4.78 is 58.3. The Labute approximate surface area is 387 Å². The van der Waals surface area contributed by atoms with Gasteiger partial charge < -0.3 is 20.4 Å². The molecule has 65 heavy (non-hydrogen) atoms. The minimum absolute atomic E-state index is 0.0323. The number of sulfonamides is 2. The highest BCUT2D eigenvalue weighted by Gasteiger charge is 2.26. The average molecular weight is 968 g/mol. The van der Waals surface area contributed by atoms with Gasteiger partial charge in [-0.15, -0.1) is 0 Å². The molecule has 2 saturated carbocycles. The molecule has 0 radical (unpaired) electrons. The number of hydrogen-bond acceptors (Lipinski definition) is 13. The van der Waals surface area contributed by atoms with Crippen molar-refractivity contribution in [2.24, 2.45) is 0 Å². The molecule has 0 bridgehead atoms. The average Bonchev–Trinajstić information content (AvgIpc) is 3.25. The van der Waals surface area contributed by atoms with Crippen molar-refractivity contribution in [3.63, 3.8) is 0 Å². The number of fused-ring (bicyclic) bond motifs is 2. The zero-order chi connectivity index (χ0) is 46.3. The number of anilines is 2. The van der Waals surface area contributed by atoms with Gasteiger partial charge in [0.05, 0.1) is 12.5 Å². The zero-order valence-corrected chi connectivity index (χ0v) is 39.3. The van der Waals surface area contributed by atoms with Crippen LogP contribution in [0.25, 0.3) is 44.3 Å². The lowest BCUT2D eigenvalue weighted by Gasteiger charge is -2.29. The number of nitrogens with zero attached hydrogens (tertiary/aromatic N) is 5. The van der Waals surface area contributed by atoms with Crippen LogP contribution in [0.3, 0.4) is 0 Å². The van der Waals surface area contributed by atoms with E-state index in [1.165, 1.54) is 17.1 Å². The fourth-order valence-electron chi connectivity index (χ4n) is 8.14. The monoisotopic (exact) mass is 966 g/mol. The van der Waals surface area contributed by atoms with E-state index in [-0.39, 0.29) is 42.0 Å². The number of benzene rings is 2. The Kier molecular flexibility index (Phi) is 15.5. The largest absolute Gasteiger partial charge is 0.361 e. The minimum atomic E-state index is -3.22. The van der Waals surface area contributed by atoms with E-state index < -0.39 is 20.0 Å². The van der Waals surface area contributed by atoms with Crippen LogP contribution in [0.4, 0.5) is 11.9 Å². The number of hydrogen-bond donors (Lipinski definition) is 5. The molecule has 0 aliphatic heterocycles. The smallest absolute Gasteiger partial charge is 0.262 e. The normalized spacial score (nSPS) is 19.1. The second-order valence-electron chi connectivity index (χ2n) is 16.4. The third-order valence-electron chi connectivity index (χ3n) is 11.2. The van der Waals surface area contributed by atoms with Gasteiger partial charge in [0.1, 0.15) is 18.0 Å². The highest BCUT2D eigenvalue weighted by atomic mass is 35.5. The van der Waals surface area contributed by atoms with Crippen molar-refractivity contribution in [3.8, 4) is 22.3 Å². The SMILES string of the molecule is CCCOCn1c(=O)c(-c2ccccc2Cl)cc2cnc(NC3CCC(NS(C)(=O)=O)CC3)nc21.CS(=O)(=O)NC1CCC(Nc2ncc3cc(-c4ccccc4Cl)c(=O)[nH]c3n2)CC1. The van der Waals surface area contributed by atoms with E-state index in [1.54, 1.807) is 42.7 Å². The van der Waals surface area contributed by atoms with E-state index in [9.17, 15) is 26.4 Å². The third kappa shape index (κ3) is 12.9. The molecule has 0 atom stereocenters. The van der Waals surface area contributed by atoms with Crippen molar-refractivity contribution >= 4 is 77.2 Å². The first-order valence-electron chi connectivity index (χ1n) is 21.4. The first kappa shape index (κ1) is 47.9. The zero-order valence-electron chi connectivity index (χ0n) is 36.2. The molecule has 6 aromatic rings. The maximum absolute atomic E-state index is 13.5. The maximum Gasteiger partial charge on any atom is 0.262 e. The molecule has 4 aromatic heterocycles. The second-order valence-corrected chi connectivity index (χ2v) is 20.8. The molecule has 2 fully saturated rings. The number of nitrogens with one attached hydrogen (secondary N) is 5. The summed E-state index contributed by atoms with van der Waals surface area (Å²) in [4.78, 5) is 46.8. The summed E-state index contributed by atoms with van der Waals surface area (Å²) in [5.41, 5.74) is 2.65. The summed E-state index contributed by atoms with van der Waals surface area (Å²) in [6.07, 6.45) is 12.7. The number of rotatable bonds is 14. The van der Waals surface area contributed by atoms with Crippen LogP contribution < -0.4 is 31.2 Å². The Bertz CT molecular complexity index is 2990. The molecule has 4 heterocycles. The lowest BCUT2D eigenvalue weighted by Crippen LogP contribution is -2.39. The highest BCUT2D eigenvalue weighted by Crippen LogP contribution is 2.29. The molecule has 21 heteroatoms. The molecule has 0 spiro atoms. The van der Waals surface area contributed by atoms with Gasteiger partial charge in [-0.05, 0) is 82.1 Å². The molecular weight excluding hydrogens is 916 g/mol. The van der Waals surface area contributed by atoms with Crippen LogP contribution in [-0.2, 0) is 31.5 Å². The molecule has 346 valence electrons. The molecule has 2 aliphatic carbocycles. The molecule has 17 nitrogen and oxygen atoms in total. The molecule has 5 N–H and O–H groups in total. The minimum Gasteiger partial charge on any atom is -0.361 e. The van der Waals surface area contributed by atoms with E-state index in [0.29, 0.717) is 72.9 Å². The van der Waals surface area contributed by atoms with E-state index in [1.807, 2.05) is 37.3 Å². The molecular formula is C44H52Cl2N10O7S2.